The van der Waals surface area contributed by atoms with Gasteiger partial charge in [-0.2, -0.15) is 0 Å². The molecule has 3 nitrogen and oxygen atoms in total. The Morgan fingerprint density at radius 1 is 1.26 bits per heavy atom. The van der Waals surface area contributed by atoms with Crippen molar-refractivity contribution < 1.29 is 4.79 Å². The third-order valence-electron chi connectivity index (χ3n) is 4.90. The molecule has 1 aliphatic rings. The normalized spacial score (nSPS) is 24.7. The smallest absolute Gasteiger partial charge is 0.234 e. The molecular formula is C18H26Cl2N2O. The third-order valence-corrected chi connectivity index (χ3v) is 5.64. The monoisotopic (exact) mass is 356 g/mol. The van der Waals surface area contributed by atoms with Gasteiger partial charge in [-0.25, -0.2) is 0 Å². The van der Waals surface area contributed by atoms with Crippen LogP contribution in [0.3, 0.4) is 0 Å². The zero-order chi connectivity index (χ0) is 17.0. The minimum atomic E-state index is 0.0958. The van der Waals surface area contributed by atoms with Crippen molar-refractivity contribution in [3.63, 3.8) is 0 Å². The lowest BCUT2D eigenvalue weighted by Crippen LogP contribution is -2.46. The molecule has 0 saturated heterocycles. The van der Waals surface area contributed by atoms with Crippen molar-refractivity contribution in [2.45, 2.75) is 45.7 Å². The average Bonchev–Trinajstić information content (AvgIpc) is 2.47. The van der Waals surface area contributed by atoms with Gasteiger partial charge in [-0.3, -0.25) is 9.69 Å². The summed E-state index contributed by atoms with van der Waals surface area (Å²) in [6.45, 7) is 5.58. The van der Waals surface area contributed by atoms with E-state index in [-0.39, 0.29) is 5.91 Å². The lowest BCUT2D eigenvalue weighted by molar-refractivity contribution is -0.123. The second-order valence-corrected chi connectivity index (χ2v) is 7.68. The largest absolute Gasteiger partial charge is 0.352 e. The number of carbonyl (C=O) groups excluding carboxylic acids is 1. The van der Waals surface area contributed by atoms with Crippen LogP contribution in [0.15, 0.2) is 18.2 Å². The molecule has 0 heterocycles. The Bertz CT molecular complexity index is 550. The van der Waals surface area contributed by atoms with Gasteiger partial charge < -0.3 is 5.32 Å². The molecule has 2 rings (SSSR count). The maximum Gasteiger partial charge on any atom is 0.234 e. The number of nitrogens with zero attached hydrogens (tertiary/aromatic N) is 1. The summed E-state index contributed by atoms with van der Waals surface area (Å²) in [6, 6.07) is 5.89. The molecule has 1 aliphatic carbocycles. The zero-order valence-electron chi connectivity index (χ0n) is 14.1. The molecule has 1 aromatic carbocycles. The van der Waals surface area contributed by atoms with Crippen molar-refractivity contribution >= 4 is 29.1 Å². The molecule has 1 saturated carbocycles. The molecule has 0 aromatic heterocycles. The summed E-state index contributed by atoms with van der Waals surface area (Å²) in [4.78, 5) is 14.3. The Morgan fingerprint density at radius 2 is 2.00 bits per heavy atom. The quantitative estimate of drug-likeness (QED) is 0.849. The highest BCUT2D eigenvalue weighted by atomic mass is 35.5. The summed E-state index contributed by atoms with van der Waals surface area (Å²) in [6.07, 6.45) is 3.56. The van der Waals surface area contributed by atoms with E-state index >= 15 is 0 Å². The summed E-state index contributed by atoms with van der Waals surface area (Å²) < 4.78 is 0. The first-order valence-corrected chi connectivity index (χ1v) is 9.04. The summed E-state index contributed by atoms with van der Waals surface area (Å²) in [5.74, 6) is 1.33. The molecular weight excluding hydrogens is 331 g/mol. The molecule has 1 aromatic rings. The Kier molecular flexibility index (Phi) is 6.75. The van der Waals surface area contributed by atoms with E-state index in [0.29, 0.717) is 41.0 Å². The van der Waals surface area contributed by atoms with Crippen LogP contribution in [-0.4, -0.2) is 30.4 Å². The standard InChI is InChI=1S/C18H26Cl2N2O/c1-12-5-4-6-17(13(12)2)21-18(23)11-22(3)10-14-7-8-15(19)16(20)9-14/h7-9,12-13,17H,4-6,10-11H2,1-3H3,(H,21,23). The lowest BCUT2D eigenvalue weighted by Gasteiger charge is -2.35. The van der Waals surface area contributed by atoms with Crippen molar-refractivity contribution in [3.05, 3.63) is 33.8 Å². The molecule has 128 valence electrons. The predicted octanol–water partition coefficient (Wildman–Crippen LogP) is 4.37. The SMILES string of the molecule is CC1CCCC(NC(=O)CN(C)Cc2ccc(Cl)c(Cl)c2)C1C. The maximum atomic E-state index is 12.3. The van der Waals surface area contributed by atoms with Gasteiger partial charge >= 0.3 is 0 Å². The number of rotatable bonds is 5. The minimum absolute atomic E-state index is 0.0958. The second kappa shape index (κ2) is 8.36. The van der Waals surface area contributed by atoms with E-state index < -0.39 is 0 Å². The van der Waals surface area contributed by atoms with Gasteiger partial charge in [-0.05, 0) is 43.0 Å². The van der Waals surface area contributed by atoms with Crippen LogP contribution in [0.5, 0.6) is 0 Å². The van der Waals surface area contributed by atoms with E-state index in [1.165, 1.54) is 12.8 Å². The van der Waals surface area contributed by atoms with Crippen LogP contribution < -0.4 is 5.32 Å². The van der Waals surface area contributed by atoms with Crippen molar-refractivity contribution in [1.82, 2.24) is 10.2 Å². The first-order chi connectivity index (χ1) is 10.9. The molecule has 3 atom stereocenters. The lowest BCUT2D eigenvalue weighted by atomic mass is 9.78. The molecule has 5 heteroatoms. The zero-order valence-corrected chi connectivity index (χ0v) is 15.6. The van der Waals surface area contributed by atoms with Gasteiger partial charge in [0.25, 0.3) is 0 Å². The molecule has 23 heavy (non-hydrogen) atoms. The van der Waals surface area contributed by atoms with Crippen LogP contribution in [-0.2, 0) is 11.3 Å². The minimum Gasteiger partial charge on any atom is -0.352 e. The van der Waals surface area contributed by atoms with E-state index in [4.69, 9.17) is 23.2 Å². The highest BCUT2D eigenvalue weighted by molar-refractivity contribution is 6.42. The van der Waals surface area contributed by atoms with Gasteiger partial charge in [-0.1, -0.05) is 56.0 Å². The molecule has 1 fully saturated rings. The van der Waals surface area contributed by atoms with Gasteiger partial charge in [0.15, 0.2) is 0 Å². The molecule has 3 unspecified atom stereocenters. The Labute approximate surface area is 149 Å². The molecule has 0 spiro atoms. The number of benzene rings is 1. The average molecular weight is 357 g/mol. The van der Waals surface area contributed by atoms with Crippen LogP contribution in [0, 0.1) is 11.8 Å². The topological polar surface area (TPSA) is 32.3 Å². The van der Waals surface area contributed by atoms with E-state index in [1.54, 1.807) is 6.07 Å². The Hall–Kier alpha value is -0.770. The summed E-state index contributed by atoms with van der Waals surface area (Å²) in [5, 5.41) is 4.31. The number of nitrogens with one attached hydrogen (secondary N) is 1. The van der Waals surface area contributed by atoms with Gasteiger partial charge in [-0.15, -0.1) is 0 Å². The van der Waals surface area contributed by atoms with Crippen LogP contribution >= 0.6 is 23.2 Å². The summed E-state index contributed by atoms with van der Waals surface area (Å²) in [5.41, 5.74) is 1.05. The van der Waals surface area contributed by atoms with E-state index in [0.717, 1.165) is 12.0 Å². The van der Waals surface area contributed by atoms with Gasteiger partial charge in [0.1, 0.15) is 0 Å². The van der Waals surface area contributed by atoms with Gasteiger partial charge in [0.2, 0.25) is 5.91 Å². The van der Waals surface area contributed by atoms with Crippen LogP contribution in [0.4, 0.5) is 0 Å². The highest BCUT2D eigenvalue weighted by Crippen LogP contribution is 2.29. The number of halogens is 2. The fraction of sp³-hybridized carbons (Fsp3) is 0.611. The fourth-order valence-corrected chi connectivity index (χ4v) is 3.61. The van der Waals surface area contributed by atoms with E-state index in [2.05, 4.69) is 19.2 Å². The van der Waals surface area contributed by atoms with E-state index in [1.807, 2.05) is 24.1 Å². The number of hydrogen-bond acceptors (Lipinski definition) is 2. The van der Waals surface area contributed by atoms with Crippen LogP contribution in [0.25, 0.3) is 0 Å². The second-order valence-electron chi connectivity index (χ2n) is 6.86. The van der Waals surface area contributed by atoms with Gasteiger partial charge in [0, 0.05) is 12.6 Å². The maximum absolute atomic E-state index is 12.3. The van der Waals surface area contributed by atoms with Gasteiger partial charge in [0.05, 0.1) is 16.6 Å². The molecule has 0 aliphatic heterocycles. The van der Waals surface area contributed by atoms with Crippen molar-refractivity contribution in [2.24, 2.45) is 11.8 Å². The first kappa shape index (κ1) is 18.6. The number of carbonyl (C=O) groups is 1. The first-order valence-electron chi connectivity index (χ1n) is 8.28. The summed E-state index contributed by atoms with van der Waals surface area (Å²) >= 11 is 12.0. The number of hydrogen-bond donors (Lipinski definition) is 1. The van der Waals surface area contributed by atoms with Crippen molar-refractivity contribution in [2.75, 3.05) is 13.6 Å². The predicted molar refractivity (Wildman–Crippen MR) is 96.9 cm³/mol. The third kappa shape index (κ3) is 5.37. The fourth-order valence-electron chi connectivity index (χ4n) is 3.29. The van der Waals surface area contributed by atoms with Crippen molar-refractivity contribution in [1.29, 1.82) is 0 Å². The Balaban J connectivity index is 1.83. The van der Waals surface area contributed by atoms with Crippen molar-refractivity contribution in [3.8, 4) is 0 Å². The number of likely N-dealkylation sites (N-methyl/N-ethyl adjacent to an activating group) is 1. The highest BCUT2D eigenvalue weighted by Gasteiger charge is 2.28. The molecule has 1 amide bonds. The van der Waals surface area contributed by atoms with Crippen LogP contribution in [0.2, 0.25) is 10.0 Å². The Morgan fingerprint density at radius 3 is 2.70 bits per heavy atom. The molecule has 0 radical (unpaired) electrons. The summed E-state index contributed by atoms with van der Waals surface area (Å²) in [7, 11) is 1.94. The molecule has 0 bridgehead atoms. The van der Waals surface area contributed by atoms with E-state index in [9.17, 15) is 4.79 Å². The van der Waals surface area contributed by atoms with Crippen LogP contribution in [0.1, 0.15) is 38.7 Å². The number of amides is 1. The molecule has 1 N–H and O–H groups in total.